The number of amides is 3. The first kappa shape index (κ1) is 21.5. The fraction of sp³-hybridized carbons (Fsp3) is 0.400. The summed E-state index contributed by atoms with van der Waals surface area (Å²) in [4.78, 5) is 40.6. The summed E-state index contributed by atoms with van der Waals surface area (Å²) in [7, 11) is 0. The van der Waals surface area contributed by atoms with Gasteiger partial charge in [0.05, 0.1) is 0 Å². The van der Waals surface area contributed by atoms with Gasteiger partial charge in [-0.05, 0) is 60.8 Å². The van der Waals surface area contributed by atoms with Crippen LogP contribution < -0.4 is 20.9 Å². The van der Waals surface area contributed by atoms with Crippen molar-refractivity contribution in [1.29, 1.82) is 0 Å². The Morgan fingerprint density at radius 1 is 1.00 bits per heavy atom. The molecule has 2 saturated heterocycles. The van der Waals surface area contributed by atoms with E-state index in [4.69, 9.17) is 0 Å². The Morgan fingerprint density at radius 2 is 1.85 bits per heavy atom. The van der Waals surface area contributed by atoms with E-state index in [0.29, 0.717) is 25.1 Å². The number of fused-ring (bicyclic) bond motifs is 1. The maximum atomic E-state index is 13.0. The molecule has 0 bridgehead atoms. The number of nitrogens with one attached hydrogen (secondary N) is 3. The lowest BCUT2D eigenvalue weighted by Gasteiger charge is -2.29. The standard InChI is InChI=1S/C25H29N5O3/c31-23-9-8-22(24(32)28-23)30-16-18-3-2-17(14-21(18)25(30)33)15-27-19-4-6-20(7-5-19)29-12-1-10-26-11-13-29/h2-7,14,22,26-27H,1,8-13,15-16H2,(H,28,31,32). The molecule has 8 nitrogen and oxygen atoms in total. The van der Waals surface area contributed by atoms with E-state index in [1.807, 2.05) is 18.2 Å². The average molecular weight is 448 g/mol. The number of rotatable bonds is 5. The largest absolute Gasteiger partial charge is 0.381 e. The molecule has 0 radical (unpaired) electrons. The van der Waals surface area contributed by atoms with Gasteiger partial charge in [0.15, 0.2) is 0 Å². The second-order valence-corrected chi connectivity index (χ2v) is 8.88. The van der Waals surface area contributed by atoms with Crippen LogP contribution in [0.4, 0.5) is 11.4 Å². The van der Waals surface area contributed by atoms with Gasteiger partial charge in [-0.3, -0.25) is 19.7 Å². The molecule has 8 heteroatoms. The Labute approximate surface area is 193 Å². The maximum absolute atomic E-state index is 13.0. The molecular formula is C25H29N5O3. The zero-order chi connectivity index (χ0) is 22.8. The van der Waals surface area contributed by atoms with Crippen LogP contribution in [0.5, 0.6) is 0 Å². The summed E-state index contributed by atoms with van der Waals surface area (Å²) in [5, 5.41) is 9.21. The predicted molar refractivity (Wildman–Crippen MR) is 126 cm³/mol. The summed E-state index contributed by atoms with van der Waals surface area (Å²) in [6, 6.07) is 13.8. The van der Waals surface area contributed by atoms with Crippen LogP contribution in [0.1, 0.15) is 40.7 Å². The van der Waals surface area contributed by atoms with Crippen LogP contribution >= 0.6 is 0 Å². The highest BCUT2D eigenvalue weighted by Crippen LogP contribution is 2.28. The van der Waals surface area contributed by atoms with Crippen molar-refractivity contribution in [3.8, 4) is 0 Å². The van der Waals surface area contributed by atoms with Gasteiger partial charge in [0, 0.05) is 56.1 Å². The first-order chi connectivity index (χ1) is 16.1. The van der Waals surface area contributed by atoms with Crippen molar-refractivity contribution in [2.45, 2.75) is 38.4 Å². The zero-order valence-corrected chi connectivity index (χ0v) is 18.6. The molecular weight excluding hydrogens is 418 g/mol. The summed E-state index contributed by atoms with van der Waals surface area (Å²) in [6.07, 6.45) is 1.79. The van der Waals surface area contributed by atoms with Crippen molar-refractivity contribution < 1.29 is 14.4 Å². The van der Waals surface area contributed by atoms with Crippen molar-refractivity contribution in [3.63, 3.8) is 0 Å². The lowest BCUT2D eigenvalue weighted by atomic mass is 10.0. The third-order valence-electron chi connectivity index (χ3n) is 6.66. The van der Waals surface area contributed by atoms with E-state index in [-0.39, 0.29) is 24.1 Å². The van der Waals surface area contributed by atoms with E-state index >= 15 is 0 Å². The molecule has 3 aliphatic heterocycles. The summed E-state index contributed by atoms with van der Waals surface area (Å²) < 4.78 is 0. The van der Waals surface area contributed by atoms with Gasteiger partial charge in [-0.2, -0.15) is 0 Å². The molecule has 172 valence electrons. The molecule has 3 aliphatic rings. The summed E-state index contributed by atoms with van der Waals surface area (Å²) in [5.74, 6) is -0.794. The highest BCUT2D eigenvalue weighted by Gasteiger charge is 2.39. The van der Waals surface area contributed by atoms with Crippen LogP contribution in [0.25, 0.3) is 0 Å². The molecule has 0 spiro atoms. The first-order valence-corrected chi connectivity index (χ1v) is 11.6. The molecule has 1 unspecified atom stereocenters. The van der Waals surface area contributed by atoms with E-state index in [1.165, 1.54) is 5.69 Å². The summed E-state index contributed by atoms with van der Waals surface area (Å²) in [5.41, 5.74) is 4.84. The highest BCUT2D eigenvalue weighted by atomic mass is 16.2. The van der Waals surface area contributed by atoms with Crippen LogP contribution in [0, 0.1) is 0 Å². The van der Waals surface area contributed by atoms with Crippen molar-refractivity contribution in [3.05, 3.63) is 59.2 Å². The number of carbonyl (C=O) groups excluding carboxylic acids is 3. The Bertz CT molecular complexity index is 1060. The van der Waals surface area contributed by atoms with Crippen LogP contribution in [-0.4, -0.2) is 54.8 Å². The van der Waals surface area contributed by atoms with Crippen molar-refractivity contribution >= 4 is 29.1 Å². The van der Waals surface area contributed by atoms with Crippen LogP contribution in [0.2, 0.25) is 0 Å². The van der Waals surface area contributed by atoms with Crippen LogP contribution in [0.15, 0.2) is 42.5 Å². The van der Waals surface area contributed by atoms with Crippen molar-refractivity contribution in [1.82, 2.24) is 15.5 Å². The molecule has 0 saturated carbocycles. The Morgan fingerprint density at radius 3 is 2.67 bits per heavy atom. The molecule has 3 N–H and O–H groups in total. The zero-order valence-electron chi connectivity index (χ0n) is 18.6. The number of anilines is 2. The van der Waals surface area contributed by atoms with Crippen molar-refractivity contribution in [2.75, 3.05) is 36.4 Å². The monoisotopic (exact) mass is 447 g/mol. The second kappa shape index (κ2) is 9.23. The van der Waals surface area contributed by atoms with Gasteiger partial charge in [-0.15, -0.1) is 0 Å². The third-order valence-corrected chi connectivity index (χ3v) is 6.66. The van der Waals surface area contributed by atoms with E-state index in [1.54, 1.807) is 4.90 Å². The molecule has 3 heterocycles. The smallest absolute Gasteiger partial charge is 0.255 e. The fourth-order valence-corrected chi connectivity index (χ4v) is 4.81. The number of imide groups is 1. The van der Waals surface area contributed by atoms with Crippen molar-refractivity contribution in [2.24, 2.45) is 0 Å². The normalized spacial score (nSPS) is 21.0. The molecule has 1 atom stereocenters. The molecule has 2 fully saturated rings. The summed E-state index contributed by atoms with van der Waals surface area (Å²) >= 11 is 0. The molecule has 2 aromatic rings. The van der Waals surface area contributed by atoms with E-state index in [2.05, 4.69) is 45.1 Å². The third kappa shape index (κ3) is 4.57. The SMILES string of the molecule is O=C1CCC(N2Cc3ccc(CNc4ccc(N5CCCNCC5)cc4)cc3C2=O)C(=O)N1. The minimum Gasteiger partial charge on any atom is -0.381 e. The number of benzene rings is 2. The molecule has 2 aromatic carbocycles. The number of carbonyl (C=O) groups is 3. The highest BCUT2D eigenvalue weighted by molar-refractivity contribution is 6.05. The number of hydrogen-bond acceptors (Lipinski definition) is 6. The minimum absolute atomic E-state index is 0.141. The summed E-state index contributed by atoms with van der Waals surface area (Å²) in [6.45, 7) is 5.18. The second-order valence-electron chi connectivity index (χ2n) is 8.88. The Hall–Kier alpha value is -3.39. The van der Waals surface area contributed by atoms with E-state index < -0.39 is 6.04 Å². The fourth-order valence-electron chi connectivity index (χ4n) is 4.81. The van der Waals surface area contributed by atoms with Crippen LogP contribution in [0.3, 0.4) is 0 Å². The molecule has 0 aliphatic carbocycles. The van der Waals surface area contributed by atoms with Gasteiger partial charge in [-0.1, -0.05) is 12.1 Å². The van der Waals surface area contributed by atoms with E-state index in [0.717, 1.165) is 49.4 Å². The number of hydrogen-bond donors (Lipinski definition) is 3. The Balaban J connectivity index is 1.21. The lowest BCUT2D eigenvalue weighted by molar-refractivity contribution is -0.136. The quantitative estimate of drug-likeness (QED) is 0.606. The first-order valence-electron chi connectivity index (χ1n) is 11.6. The van der Waals surface area contributed by atoms with Crippen LogP contribution in [-0.2, 0) is 22.7 Å². The van der Waals surface area contributed by atoms with Gasteiger partial charge in [0.1, 0.15) is 6.04 Å². The predicted octanol–water partition coefficient (Wildman–Crippen LogP) is 1.86. The minimum atomic E-state index is -0.581. The Kier molecular flexibility index (Phi) is 6.00. The van der Waals surface area contributed by atoms with Gasteiger partial charge < -0.3 is 20.4 Å². The average Bonchev–Trinajstić information content (AvgIpc) is 2.99. The number of nitrogens with zero attached hydrogens (tertiary/aromatic N) is 2. The van der Waals surface area contributed by atoms with E-state index in [9.17, 15) is 14.4 Å². The molecule has 5 rings (SSSR count). The van der Waals surface area contributed by atoms with Gasteiger partial charge in [0.2, 0.25) is 11.8 Å². The number of piperidine rings is 1. The van der Waals surface area contributed by atoms with Gasteiger partial charge in [0.25, 0.3) is 5.91 Å². The topological polar surface area (TPSA) is 93.8 Å². The molecule has 3 amide bonds. The molecule has 33 heavy (non-hydrogen) atoms. The van der Waals surface area contributed by atoms with Gasteiger partial charge >= 0.3 is 0 Å². The lowest BCUT2D eigenvalue weighted by Crippen LogP contribution is -2.52. The molecule has 0 aromatic heterocycles. The maximum Gasteiger partial charge on any atom is 0.255 e. The van der Waals surface area contributed by atoms with Gasteiger partial charge in [-0.25, -0.2) is 0 Å².